The van der Waals surface area contributed by atoms with E-state index in [1.165, 1.54) is 6.42 Å². The van der Waals surface area contributed by atoms with Crippen LogP contribution in [0.25, 0.3) is 0 Å². The molecule has 0 aromatic heterocycles. The second-order valence-electron chi connectivity index (χ2n) is 5.93. The molecule has 0 spiro atoms. The molecule has 1 amide bonds. The minimum atomic E-state index is -0.787. The number of esters is 1. The SMILES string of the molecule is C[C@@H](OC(=O)c1ccc(Br)cc1)C(=O)N[C@H]1CCCC[C@@H]1C. The predicted molar refractivity (Wildman–Crippen MR) is 88.6 cm³/mol. The summed E-state index contributed by atoms with van der Waals surface area (Å²) in [5, 5.41) is 3.01. The molecule has 120 valence electrons. The van der Waals surface area contributed by atoms with Gasteiger partial charge in [0, 0.05) is 10.5 Å². The molecule has 2 rings (SSSR count). The van der Waals surface area contributed by atoms with E-state index >= 15 is 0 Å². The van der Waals surface area contributed by atoms with Gasteiger partial charge in [0.1, 0.15) is 0 Å². The lowest BCUT2D eigenvalue weighted by atomic mass is 9.86. The van der Waals surface area contributed by atoms with Crippen LogP contribution in [-0.4, -0.2) is 24.0 Å². The molecule has 0 saturated heterocycles. The largest absolute Gasteiger partial charge is 0.449 e. The summed E-state index contributed by atoms with van der Waals surface area (Å²) in [5.74, 6) is -0.219. The Morgan fingerprint density at radius 3 is 2.50 bits per heavy atom. The lowest BCUT2D eigenvalue weighted by Gasteiger charge is -2.30. The Labute approximate surface area is 139 Å². The molecule has 1 aromatic carbocycles. The minimum Gasteiger partial charge on any atom is -0.449 e. The first kappa shape index (κ1) is 17.0. The maximum Gasteiger partial charge on any atom is 0.338 e. The van der Waals surface area contributed by atoms with Crippen molar-refractivity contribution in [2.45, 2.75) is 51.7 Å². The van der Waals surface area contributed by atoms with Crippen molar-refractivity contribution in [3.8, 4) is 0 Å². The van der Waals surface area contributed by atoms with E-state index in [2.05, 4.69) is 28.2 Å². The molecule has 0 bridgehead atoms. The highest BCUT2D eigenvalue weighted by Crippen LogP contribution is 2.23. The molecule has 1 aliphatic rings. The summed E-state index contributed by atoms with van der Waals surface area (Å²) in [5.41, 5.74) is 0.439. The van der Waals surface area contributed by atoms with Crippen LogP contribution >= 0.6 is 15.9 Å². The average molecular weight is 368 g/mol. The van der Waals surface area contributed by atoms with E-state index in [0.717, 1.165) is 23.7 Å². The van der Waals surface area contributed by atoms with Crippen molar-refractivity contribution in [2.24, 2.45) is 5.92 Å². The molecule has 0 aliphatic heterocycles. The zero-order valence-electron chi connectivity index (χ0n) is 13.0. The Bertz CT molecular complexity index is 529. The van der Waals surface area contributed by atoms with E-state index in [0.29, 0.717) is 11.5 Å². The lowest BCUT2D eigenvalue weighted by Crippen LogP contribution is -2.45. The molecule has 3 atom stereocenters. The average Bonchev–Trinajstić information content (AvgIpc) is 2.50. The fourth-order valence-corrected chi connectivity index (χ4v) is 2.96. The highest BCUT2D eigenvalue weighted by atomic mass is 79.9. The third-order valence-corrected chi connectivity index (χ3v) is 4.70. The van der Waals surface area contributed by atoms with E-state index in [9.17, 15) is 9.59 Å². The predicted octanol–water partition coefficient (Wildman–Crippen LogP) is 3.69. The lowest BCUT2D eigenvalue weighted by molar-refractivity contribution is -0.130. The van der Waals surface area contributed by atoms with E-state index in [1.807, 2.05) is 0 Å². The maximum atomic E-state index is 12.2. The Morgan fingerprint density at radius 2 is 1.86 bits per heavy atom. The van der Waals surface area contributed by atoms with Crippen molar-refractivity contribution >= 4 is 27.8 Å². The molecule has 5 heteroatoms. The summed E-state index contributed by atoms with van der Waals surface area (Å²) in [4.78, 5) is 24.2. The van der Waals surface area contributed by atoms with Crippen LogP contribution < -0.4 is 5.32 Å². The summed E-state index contributed by atoms with van der Waals surface area (Å²) in [7, 11) is 0. The molecular formula is C17H22BrNO3. The Morgan fingerprint density at radius 1 is 1.23 bits per heavy atom. The number of carbonyl (C=O) groups excluding carboxylic acids is 2. The van der Waals surface area contributed by atoms with Crippen molar-refractivity contribution in [3.63, 3.8) is 0 Å². The summed E-state index contributed by atoms with van der Waals surface area (Å²) < 4.78 is 6.14. The number of benzene rings is 1. The van der Waals surface area contributed by atoms with Crippen molar-refractivity contribution in [1.82, 2.24) is 5.32 Å². The summed E-state index contributed by atoms with van der Waals surface area (Å²) in [6.07, 6.45) is 3.72. The van der Waals surface area contributed by atoms with Crippen LogP contribution in [-0.2, 0) is 9.53 Å². The first-order valence-corrected chi connectivity index (χ1v) is 8.53. The molecule has 22 heavy (non-hydrogen) atoms. The van der Waals surface area contributed by atoms with Crippen molar-refractivity contribution in [1.29, 1.82) is 0 Å². The number of halogens is 1. The standard InChI is InChI=1S/C17H22BrNO3/c1-11-5-3-4-6-15(11)19-16(20)12(2)22-17(21)13-7-9-14(18)10-8-13/h7-12,15H,3-6H2,1-2H3,(H,19,20)/t11-,12+,15-/m0/s1. The zero-order chi connectivity index (χ0) is 16.1. The van der Waals surface area contributed by atoms with Crippen LogP contribution in [0.5, 0.6) is 0 Å². The first-order chi connectivity index (χ1) is 10.5. The fraction of sp³-hybridized carbons (Fsp3) is 0.529. The van der Waals surface area contributed by atoms with Gasteiger partial charge in [0.05, 0.1) is 5.56 Å². The highest BCUT2D eigenvalue weighted by Gasteiger charge is 2.26. The van der Waals surface area contributed by atoms with Gasteiger partial charge in [0.2, 0.25) is 0 Å². The van der Waals surface area contributed by atoms with E-state index in [1.54, 1.807) is 31.2 Å². The van der Waals surface area contributed by atoms with Gasteiger partial charge < -0.3 is 10.1 Å². The molecule has 0 unspecified atom stereocenters. The molecule has 1 aromatic rings. The quantitative estimate of drug-likeness (QED) is 0.825. The van der Waals surface area contributed by atoms with E-state index in [4.69, 9.17) is 4.74 Å². The third kappa shape index (κ3) is 4.57. The van der Waals surface area contributed by atoms with E-state index < -0.39 is 12.1 Å². The summed E-state index contributed by atoms with van der Waals surface area (Å²) in [6.45, 7) is 3.77. The first-order valence-electron chi connectivity index (χ1n) is 7.74. The van der Waals surface area contributed by atoms with Gasteiger partial charge in [0.25, 0.3) is 5.91 Å². The third-order valence-electron chi connectivity index (χ3n) is 4.17. The number of hydrogen-bond donors (Lipinski definition) is 1. The van der Waals surface area contributed by atoms with Gasteiger partial charge >= 0.3 is 5.97 Å². The molecule has 1 N–H and O–H groups in total. The number of rotatable bonds is 4. The monoisotopic (exact) mass is 367 g/mol. The fourth-order valence-electron chi connectivity index (χ4n) is 2.70. The molecule has 1 fully saturated rings. The van der Waals surface area contributed by atoms with Gasteiger partial charge in [-0.25, -0.2) is 4.79 Å². The van der Waals surface area contributed by atoms with Gasteiger partial charge in [-0.1, -0.05) is 35.7 Å². The van der Waals surface area contributed by atoms with Gasteiger partial charge in [-0.05, 0) is 49.9 Å². The zero-order valence-corrected chi connectivity index (χ0v) is 14.6. The number of hydrogen-bond acceptors (Lipinski definition) is 3. The molecular weight excluding hydrogens is 346 g/mol. The number of ether oxygens (including phenoxy) is 1. The number of nitrogens with one attached hydrogen (secondary N) is 1. The topological polar surface area (TPSA) is 55.4 Å². The van der Waals surface area contributed by atoms with Gasteiger partial charge in [-0.15, -0.1) is 0 Å². The van der Waals surface area contributed by atoms with Gasteiger partial charge in [-0.2, -0.15) is 0 Å². The number of carbonyl (C=O) groups is 2. The summed E-state index contributed by atoms with van der Waals surface area (Å²) in [6, 6.07) is 7.06. The second kappa shape index (κ2) is 7.77. The Balaban J connectivity index is 1.87. The van der Waals surface area contributed by atoms with Crippen LogP contribution in [0.3, 0.4) is 0 Å². The Hall–Kier alpha value is -1.36. The maximum absolute atomic E-state index is 12.2. The Kier molecular flexibility index (Phi) is 6.00. The van der Waals surface area contributed by atoms with Crippen LogP contribution in [0, 0.1) is 5.92 Å². The molecule has 0 heterocycles. The summed E-state index contributed by atoms with van der Waals surface area (Å²) >= 11 is 3.31. The van der Waals surface area contributed by atoms with Crippen molar-refractivity contribution < 1.29 is 14.3 Å². The minimum absolute atomic E-state index is 0.190. The van der Waals surface area contributed by atoms with Gasteiger partial charge in [-0.3, -0.25) is 4.79 Å². The molecule has 1 saturated carbocycles. The molecule has 4 nitrogen and oxygen atoms in total. The number of amides is 1. The smallest absolute Gasteiger partial charge is 0.338 e. The van der Waals surface area contributed by atoms with E-state index in [-0.39, 0.29) is 11.9 Å². The molecule has 0 radical (unpaired) electrons. The van der Waals surface area contributed by atoms with Crippen molar-refractivity contribution in [3.05, 3.63) is 34.3 Å². The van der Waals surface area contributed by atoms with Crippen LogP contribution in [0.1, 0.15) is 49.9 Å². The second-order valence-corrected chi connectivity index (χ2v) is 6.85. The normalized spacial score (nSPS) is 22.7. The highest BCUT2D eigenvalue weighted by molar-refractivity contribution is 9.10. The van der Waals surface area contributed by atoms with Gasteiger partial charge in [0.15, 0.2) is 6.10 Å². The van der Waals surface area contributed by atoms with Crippen LogP contribution in [0.2, 0.25) is 0 Å². The van der Waals surface area contributed by atoms with Crippen molar-refractivity contribution in [2.75, 3.05) is 0 Å². The van der Waals surface area contributed by atoms with Crippen LogP contribution in [0.15, 0.2) is 28.7 Å². The van der Waals surface area contributed by atoms with Crippen LogP contribution in [0.4, 0.5) is 0 Å². The molecule has 1 aliphatic carbocycles.